The molecule has 0 aliphatic heterocycles. The highest BCUT2D eigenvalue weighted by Crippen LogP contribution is 2.27. The van der Waals surface area contributed by atoms with Crippen molar-refractivity contribution in [3.63, 3.8) is 0 Å². The summed E-state index contributed by atoms with van der Waals surface area (Å²) in [5, 5.41) is 7.96. The Bertz CT molecular complexity index is 659. The molecular formula is C14H11Cl3N2OS. The monoisotopic (exact) mass is 360 g/mol. The second-order valence-corrected chi connectivity index (χ2v) is 5.77. The molecule has 2 rings (SSSR count). The predicted octanol–water partition coefficient (Wildman–Crippen LogP) is 5.46. The van der Waals surface area contributed by atoms with Gasteiger partial charge in [0.1, 0.15) is 5.75 Å². The number of hydrogen-bond acceptors (Lipinski definition) is 2. The summed E-state index contributed by atoms with van der Waals surface area (Å²) in [6.45, 7) is 0. The van der Waals surface area contributed by atoms with Crippen LogP contribution in [0, 0.1) is 0 Å². The second kappa shape index (κ2) is 7.18. The molecule has 0 heterocycles. The molecule has 0 unspecified atom stereocenters. The lowest BCUT2D eigenvalue weighted by atomic mass is 10.3. The van der Waals surface area contributed by atoms with Gasteiger partial charge in [-0.15, -0.1) is 0 Å². The number of benzene rings is 2. The zero-order valence-corrected chi connectivity index (χ0v) is 14.0. The van der Waals surface area contributed by atoms with E-state index in [1.165, 1.54) is 0 Å². The van der Waals surface area contributed by atoms with Crippen molar-refractivity contribution in [2.24, 2.45) is 0 Å². The first-order valence-corrected chi connectivity index (χ1v) is 7.40. The first-order valence-electron chi connectivity index (χ1n) is 5.85. The molecule has 0 saturated heterocycles. The van der Waals surface area contributed by atoms with E-state index in [1.807, 2.05) is 6.07 Å². The molecule has 0 aliphatic rings. The van der Waals surface area contributed by atoms with E-state index in [0.29, 0.717) is 31.6 Å². The minimum Gasteiger partial charge on any atom is -0.495 e. The average Bonchev–Trinajstić information content (AvgIpc) is 2.37. The SMILES string of the molecule is COc1ccc(NC(=S)Nc2cc(Cl)cc(Cl)c2)cc1Cl. The van der Waals surface area contributed by atoms with Crippen LogP contribution in [-0.4, -0.2) is 12.2 Å². The van der Waals surface area contributed by atoms with Crippen molar-refractivity contribution in [3.05, 3.63) is 51.5 Å². The van der Waals surface area contributed by atoms with Gasteiger partial charge in [-0.05, 0) is 48.6 Å². The molecule has 0 bridgehead atoms. The van der Waals surface area contributed by atoms with Crippen LogP contribution in [0.3, 0.4) is 0 Å². The van der Waals surface area contributed by atoms with Crippen molar-refractivity contribution in [1.29, 1.82) is 0 Å². The molecule has 21 heavy (non-hydrogen) atoms. The molecule has 0 radical (unpaired) electrons. The second-order valence-electron chi connectivity index (χ2n) is 4.09. The molecule has 110 valence electrons. The van der Waals surface area contributed by atoms with Crippen LogP contribution in [0.1, 0.15) is 0 Å². The molecular weight excluding hydrogens is 351 g/mol. The summed E-state index contributed by atoms with van der Waals surface area (Å²) in [5.41, 5.74) is 1.44. The summed E-state index contributed by atoms with van der Waals surface area (Å²) in [5.74, 6) is 0.600. The van der Waals surface area contributed by atoms with Crippen LogP contribution in [0.25, 0.3) is 0 Å². The minimum atomic E-state index is 0.398. The zero-order chi connectivity index (χ0) is 15.4. The van der Waals surface area contributed by atoms with Gasteiger partial charge in [0.15, 0.2) is 5.11 Å². The van der Waals surface area contributed by atoms with Crippen LogP contribution >= 0.6 is 47.0 Å². The minimum absolute atomic E-state index is 0.398. The van der Waals surface area contributed by atoms with Crippen molar-refractivity contribution in [2.75, 3.05) is 17.7 Å². The lowest BCUT2D eigenvalue weighted by Gasteiger charge is -2.12. The van der Waals surface area contributed by atoms with Crippen LogP contribution in [0.2, 0.25) is 15.1 Å². The van der Waals surface area contributed by atoms with E-state index in [-0.39, 0.29) is 0 Å². The fraction of sp³-hybridized carbons (Fsp3) is 0.0714. The number of nitrogens with one attached hydrogen (secondary N) is 2. The number of ether oxygens (including phenoxy) is 1. The molecule has 0 saturated carbocycles. The highest BCUT2D eigenvalue weighted by molar-refractivity contribution is 7.80. The van der Waals surface area contributed by atoms with Crippen molar-refractivity contribution < 1.29 is 4.74 Å². The number of anilines is 2. The summed E-state index contributed by atoms with van der Waals surface area (Å²) in [4.78, 5) is 0. The third-order valence-corrected chi connectivity index (χ3v) is 3.47. The molecule has 0 spiro atoms. The van der Waals surface area contributed by atoms with Gasteiger partial charge in [-0.1, -0.05) is 34.8 Å². The number of thiocarbonyl (C=S) groups is 1. The Balaban J connectivity index is 2.06. The molecule has 2 N–H and O–H groups in total. The zero-order valence-electron chi connectivity index (χ0n) is 10.9. The molecule has 2 aromatic rings. The van der Waals surface area contributed by atoms with Gasteiger partial charge in [0.2, 0.25) is 0 Å². The summed E-state index contributed by atoms with van der Waals surface area (Å²) >= 11 is 23.1. The number of hydrogen-bond donors (Lipinski definition) is 2. The van der Waals surface area contributed by atoms with Gasteiger partial charge in [0.25, 0.3) is 0 Å². The van der Waals surface area contributed by atoms with Gasteiger partial charge in [-0.25, -0.2) is 0 Å². The molecule has 0 aliphatic carbocycles. The van der Waals surface area contributed by atoms with E-state index in [2.05, 4.69) is 10.6 Å². The first-order chi connectivity index (χ1) is 9.97. The van der Waals surface area contributed by atoms with E-state index in [0.717, 1.165) is 5.69 Å². The van der Waals surface area contributed by atoms with E-state index in [4.69, 9.17) is 51.8 Å². The van der Waals surface area contributed by atoms with E-state index < -0.39 is 0 Å². The lowest BCUT2D eigenvalue weighted by molar-refractivity contribution is 0.415. The summed E-state index contributed by atoms with van der Waals surface area (Å²) < 4.78 is 5.09. The fourth-order valence-electron chi connectivity index (χ4n) is 1.66. The number of rotatable bonds is 3. The van der Waals surface area contributed by atoms with Gasteiger partial charge in [0, 0.05) is 21.4 Å². The smallest absolute Gasteiger partial charge is 0.175 e. The molecule has 0 atom stereocenters. The van der Waals surface area contributed by atoms with Gasteiger partial charge in [0.05, 0.1) is 12.1 Å². The van der Waals surface area contributed by atoms with E-state index in [1.54, 1.807) is 37.4 Å². The van der Waals surface area contributed by atoms with Gasteiger partial charge in [-0.3, -0.25) is 0 Å². The van der Waals surface area contributed by atoms with Gasteiger partial charge in [-0.2, -0.15) is 0 Å². The van der Waals surface area contributed by atoms with Crippen LogP contribution in [0.15, 0.2) is 36.4 Å². The van der Waals surface area contributed by atoms with E-state index in [9.17, 15) is 0 Å². The molecule has 0 aromatic heterocycles. The summed E-state index contributed by atoms with van der Waals surface area (Å²) in [6.07, 6.45) is 0. The number of methoxy groups -OCH3 is 1. The summed E-state index contributed by atoms with van der Waals surface area (Å²) in [6, 6.07) is 10.4. The Labute approximate surface area is 143 Å². The Kier molecular flexibility index (Phi) is 5.53. The third kappa shape index (κ3) is 4.64. The Morgan fingerprint density at radius 1 is 0.952 bits per heavy atom. The first kappa shape index (κ1) is 16.2. The van der Waals surface area contributed by atoms with Crippen molar-refractivity contribution >= 4 is 63.5 Å². The molecule has 0 fully saturated rings. The van der Waals surface area contributed by atoms with Crippen molar-refractivity contribution in [3.8, 4) is 5.75 Å². The predicted molar refractivity (Wildman–Crippen MR) is 94.3 cm³/mol. The molecule has 2 aromatic carbocycles. The molecule has 7 heteroatoms. The van der Waals surface area contributed by atoms with E-state index >= 15 is 0 Å². The largest absolute Gasteiger partial charge is 0.495 e. The normalized spacial score (nSPS) is 10.1. The van der Waals surface area contributed by atoms with Gasteiger partial charge < -0.3 is 15.4 Å². The third-order valence-electron chi connectivity index (χ3n) is 2.53. The lowest BCUT2D eigenvalue weighted by Crippen LogP contribution is -2.19. The molecule has 3 nitrogen and oxygen atoms in total. The topological polar surface area (TPSA) is 33.3 Å². The maximum Gasteiger partial charge on any atom is 0.175 e. The highest BCUT2D eigenvalue weighted by Gasteiger charge is 2.05. The Morgan fingerprint density at radius 2 is 1.57 bits per heavy atom. The van der Waals surface area contributed by atoms with Crippen LogP contribution < -0.4 is 15.4 Å². The molecule has 0 amide bonds. The van der Waals surface area contributed by atoms with Crippen LogP contribution in [0.5, 0.6) is 5.75 Å². The van der Waals surface area contributed by atoms with Crippen molar-refractivity contribution in [1.82, 2.24) is 0 Å². The summed E-state index contributed by atoms with van der Waals surface area (Å²) in [7, 11) is 1.56. The Hall–Kier alpha value is -1.20. The standard InChI is InChI=1S/C14H11Cl3N2OS/c1-20-13-3-2-10(7-12(13)17)18-14(21)19-11-5-8(15)4-9(16)6-11/h2-7H,1H3,(H2,18,19,21). The average molecular weight is 362 g/mol. The maximum absolute atomic E-state index is 6.05. The number of halogens is 3. The van der Waals surface area contributed by atoms with Gasteiger partial charge >= 0.3 is 0 Å². The van der Waals surface area contributed by atoms with Crippen molar-refractivity contribution in [2.45, 2.75) is 0 Å². The Morgan fingerprint density at radius 3 is 2.14 bits per heavy atom. The van der Waals surface area contributed by atoms with Crippen LogP contribution in [0.4, 0.5) is 11.4 Å². The maximum atomic E-state index is 6.05. The highest BCUT2D eigenvalue weighted by atomic mass is 35.5. The fourth-order valence-corrected chi connectivity index (χ4v) is 2.68. The quantitative estimate of drug-likeness (QED) is 0.711. The van der Waals surface area contributed by atoms with Crippen LogP contribution in [-0.2, 0) is 0 Å².